The average molecular weight is 249 g/mol. The van der Waals surface area contributed by atoms with Gasteiger partial charge in [0.15, 0.2) is 0 Å². The predicted molar refractivity (Wildman–Crippen MR) is 69.7 cm³/mol. The molecular formula is C14H19NO3. The second-order valence-corrected chi connectivity index (χ2v) is 4.88. The van der Waals surface area contributed by atoms with Gasteiger partial charge in [0.05, 0.1) is 13.2 Å². The van der Waals surface area contributed by atoms with Crippen molar-refractivity contribution in [2.45, 2.75) is 20.0 Å². The summed E-state index contributed by atoms with van der Waals surface area (Å²) in [6.07, 6.45) is -0.462. The lowest BCUT2D eigenvalue weighted by atomic mass is 10.2. The number of carbonyl (C=O) groups excluding carboxylic acids is 1. The zero-order valence-corrected chi connectivity index (χ0v) is 10.8. The fourth-order valence-electron chi connectivity index (χ4n) is 1.86. The van der Waals surface area contributed by atoms with E-state index in [2.05, 4.69) is 13.8 Å². The van der Waals surface area contributed by atoms with Crippen molar-refractivity contribution >= 4 is 11.8 Å². The summed E-state index contributed by atoms with van der Waals surface area (Å²) < 4.78 is 10.8. The fraction of sp³-hybridized carbons (Fsp3) is 0.500. The second kappa shape index (κ2) is 5.87. The van der Waals surface area contributed by atoms with Crippen LogP contribution in [0.5, 0.6) is 0 Å². The molecule has 1 amide bonds. The van der Waals surface area contributed by atoms with E-state index in [9.17, 15) is 4.79 Å². The molecule has 0 radical (unpaired) electrons. The van der Waals surface area contributed by atoms with Gasteiger partial charge in [-0.3, -0.25) is 4.90 Å². The molecule has 1 fully saturated rings. The molecular weight excluding hydrogens is 230 g/mol. The molecule has 1 saturated heterocycles. The first-order valence-corrected chi connectivity index (χ1v) is 6.27. The summed E-state index contributed by atoms with van der Waals surface area (Å²) in [5.41, 5.74) is 0.869. The van der Waals surface area contributed by atoms with Gasteiger partial charge in [0.2, 0.25) is 0 Å². The number of ether oxygens (including phenoxy) is 2. The van der Waals surface area contributed by atoms with Crippen LogP contribution in [0.25, 0.3) is 0 Å². The highest BCUT2D eigenvalue weighted by molar-refractivity contribution is 5.89. The summed E-state index contributed by atoms with van der Waals surface area (Å²) in [5.74, 6) is 0.493. The molecule has 0 unspecified atom stereocenters. The standard InChI is InChI=1S/C14H19NO3/c1-11(2)9-17-10-13-8-15(14(16)18-13)12-6-4-3-5-7-12/h3-7,11,13H,8-10H2,1-2H3/t13-/m1/s1. The van der Waals surface area contributed by atoms with Gasteiger partial charge in [0.25, 0.3) is 0 Å². The van der Waals surface area contributed by atoms with Gasteiger partial charge in [0, 0.05) is 12.3 Å². The van der Waals surface area contributed by atoms with Crippen molar-refractivity contribution in [3.05, 3.63) is 30.3 Å². The summed E-state index contributed by atoms with van der Waals surface area (Å²) in [7, 11) is 0. The summed E-state index contributed by atoms with van der Waals surface area (Å²) in [6, 6.07) is 9.54. The van der Waals surface area contributed by atoms with Crippen molar-refractivity contribution in [3.8, 4) is 0 Å². The molecule has 4 nitrogen and oxygen atoms in total. The van der Waals surface area contributed by atoms with Crippen LogP contribution in [0.15, 0.2) is 30.3 Å². The molecule has 1 aromatic carbocycles. The Kier molecular flexibility index (Phi) is 4.20. The van der Waals surface area contributed by atoms with Gasteiger partial charge >= 0.3 is 6.09 Å². The van der Waals surface area contributed by atoms with Gasteiger partial charge < -0.3 is 9.47 Å². The number of amides is 1. The minimum absolute atomic E-state index is 0.170. The van der Waals surface area contributed by atoms with Gasteiger partial charge in [-0.25, -0.2) is 4.79 Å². The van der Waals surface area contributed by atoms with E-state index in [1.54, 1.807) is 4.90 Å². The Hall–Kier alpha value is -1.55. The van der Waals surface area contributed by atoms with Crippen LogP contribution in [0.4, 0.5) is 10.5 Å². The minimum Gasteiger partial charge on any atom is -0.441 e. The number of carbonyl (C=O) groups is 1. The third-order valence-corrected chi connectivity index (χ3v) is 2.70. The summed E-state index contributed by atoms with van der Waals surface area (Å²) >= 11 is 0. The number of benzene rings is 1. The molecule has 0 saturated carbocycles. The van der Waals surface area contributed by atoms with E-state index in [0.717, 1.165) is 5.69 Å². The molecule has 4 heteroatoms. The van der Waals surface area contributed by atoms with E-state index >= 15 is 0 Å². The van der Waals surface area contributed by atoms with Crippen molar-refractivity contribution in [1.82, 2.24) is 0 Å². The summed E-state index contributed by atoms with van der Waals surface area (Å²) in [6.45, 7) is 5.90. The second-order valence-electron chi connectivity index (χ2n) is 4.88. The zero-order chi connectivity index (χ0) is 13.0. The number of cyclic esters (lactones) is 1. The fourth-order valence-corrected chi connectivity index (χ4v) is 1.86. The van der Waals surface area contributed by atoms with E-state index in [1.165, 1.54) is 0 Å². The van der Waals surface area contributed by atoms with Gasteiger partial charge in [0.1, 0.15) is 6.10 Å². The number of anilines is 1. The van der Waals surface area contributed by atoms with E-state index in [0.29, 0.717) is 25.7 Å². The van der Waals surface area contributed by atoms with Crippen LogP contribution >= 0.6 is 0 Å². The maximum absolute atomic E-state index is 11.7. The topological polar surface area (TPSA) is 38.8 Å². The first kappa shape index (κ1) is 12.9. The number of rotatable bonds is 5. The molecule has 1 heterocycles. The molecule has 0 spiro atoms. The monoisotopic (exact) mass is 249 g/mol. The molecule has 98 valence electrons. The van der Waals surface area contributed by atoms with Crippen molar-refractivity contribution in [1.29, 1.82) is 0 Å². The minimum atomic E-state index is -0.292. The summed E-state index contributed by atoms with van der Waals surface area (Å²) in [4.78, 5) is 13.4. The molecule has 0 aromatic heterocycles. The van der Waals surface area contributed by atoms with Crippen molar-refractivity contribution in [2.24, 2.45) is 5.92 Å². The SMILES string of the molecule is CC(C)COC[C@H]1CN(c2ccccc2)C(=O)O1. The molecule has 0 N–H and O–H groups in total. The van der Waals surface area contributed by atoms with Crippen molar-refractivity contribution in [3.63, 3.8) is 0 Å². The highest BCUT2D eigenvalue weighted by atomic mass is 16.6. The quantitative estimate of drug-likeness (QED) is 0.805. The van der Waals surface area contributed by atoms with Gasteiger partial charge in [-0.2, -0.15) is 0 Å². The Morgan fingerprint density at radius 2 is 2.11 bits per heavy atom. The molecule has 0 bridgehead atoms. The number of nitrogens with zero attached hydrogens (tertiary/aromatic N) is 1. The Morgan fingerprint density at radius 3 is 2.78 bits per heavy atom. The Balaban J connectivity index is 1.87. The maximum atomic E-state index is 11.7. The van der Waals surface area contributed by atoms with Crippen LogP contribution < -0.4 is 4.90 Å². The molecule has 1 aliphatic heterocycles. The predicted octanol–water partition coefficient (Wildman–Crippen LogP) is 2.68. The zero-order valence-electron chi connectivity index (χ0n) is 10.8. The Bertz CT molecular complexity index is 391. The van der Waals surface area contributed by atoms with E-state index < -0.39 is 0 Å². The molecule has 1 aromatic rings. The Morgan fingerprint density at radius 1 is 1.39 bits per heavy atom. The molecule has 1 aliphatic rings. The lowest BCUT2D eigenvalue weighted by Gasteiger charge is -2.13. The van der Waals surface area contributed by atoms with Gasteiger partial charge in [-0.05, 0) is 18.1 Å². The van der Waals surface area contributed by atoms with Gasteiger partial charge in [-0.1, -0.05) is 32.0 Å². The van der Waals surface area contributed by atoms with Gasteiger partial charge in [-0.15, -0.1) is 0 Å². The third-order valence-electron chi connectivity index (χ3n) is 2.70. The van der Waals surface area contributed by atoms with Crippen molar-refractivity contribution in [2.75, 3.05) is 24.7 Å². The first-order valence-electron chi connectivity index (χ1n) is 6.27. The third kappa shape index (κ3) is 3.23. The van der Waals surface area contributed by atoms with Crippen LogP contribution in [-0.2, 0) is 9.47 Å². The van der Waals surface area contributed by atoms with Crippen LogP contribution in [0.1, 0.15) is 13.8 Å². The first-order chi connectivity index (χ1) is 8.66. The Labute approximate surface area is 107 Å². The largest absolute Gasteiger partial charge is 0.441 e. The molecule has 1 atom stereocenters. The van der Waals surface area contributed by atoms with E-state index in [4.69, 9.17) is 9.47 Å². The van der Waals surface area contributed by atoms with Crippen LogP contribution in [0.2, 0.25) is 0 Å². The van der Waals surface area contributed by atoms with Crippen molar-refractivity contribution < 1.29 is 14.3 Å². The van der Waals surface area contributed by atoms with E-state index in [1.807, 2.05) is 30.3 Å². The molecule has 18 heavy (non-hydrogen) atoms. The van der Waals surface area contributed by atoms with Crippen LogP contribution in [0.3, 0.4) is 0 Å². The highest BCUT2D eigenvalue weighted by Crippen LogP contribution is 2.21. The van der Waals surface area contributed by atoms with Crippen LogP contribution in [-0.4, -0.2) is 32.0 Å². The highest BCUT2D eigenvalue weighted by Gasteiger charge is 2.32. The number of hydrogen-bond acceptors (Lipinski definition) is 3. The molecule has 0 aliphatic carbocycles. The maximum Gasteiger partial charge on any atom is 0.414 e. The number of hydrogen-bond donors (Lipinski definition) is 0. The molecule has 2 rings (SSSR count). The lowest BCUT2D eigenvalue weighted by Crippen LogP contribution is -2.26. The smallest absolute Gasteiger partial charge is 0.414 e. The lowest BCUT2D eigenvalue weighted by molar-refractivity contribution is 0.0351. The summed E-state index contributed by atoms with van der Waals surface area (Å²) in [5, 5.41) is 0. The number of para-hydroxylation sites is 1. The van der Waals surface area contributed by atoms with Crippen LogP contribution in [0, 0.1) is 5.92 Å². The normalized spacial score (nSPS) is 19.4. The van der Waals surface area contributed by atoms with E-state index in [-0.39, 0.29) is 12.2 Å². The average Bonchev–Trinajstić information content (AvgIpc) is 2.71.